The number of benzene rings is 1. The third-order valence-corrected chi connectivity index (χ3v) is 4.67. The molecular formula is C17H24N2O. The average Bonchev–Trinajstić information content (AvgIpc) is 3.27. The molecule has 0 radical (unpaired) electrons. The van der Waals surface area contributed by atoms with Crippen molar-refractivity contribution in [3.8, 4) is 0 Å². The lowest BCUT2D eigenvalue weighted by molar-refractivity contribution is -0.119. The third-order valence-electron chi connectivity index (χ3n) is 4.67. The molecule has 1 aliphatic carbocycles. The van der Waals surface area contributed by atoms with Gasteiger partial charge < -0.3 is 10.2 Å². The van der Waals surface area contributed by atoms with Gasteiger partial charge in [0.1, 0.15) is 0 Å². The maximum Gasteiger partial charge on any atom is 0.228 e. The van der Waals surface area contributed by atoms with Crippen LogP contribution in [-0.2, 0) is 4.79 Å². The number of amides is 1. The van der Waals surface area contributed by atoms with Gasteiger partial charge in [-0.2, -0.15) is 0 Å². The van der Waals surface area contributed by atoms with E-state index in [1.807, 2.05) is 19.2 Å². The molecule has 3 nitrogen and oxygen atoms in total. The van der Waals surface area contributed by atoms with Gasteiger partial charge in [-0.15, -0.1) is 0 Å². The number of carbonyl (C=O) groups is 1. The molecule has 1 aromatic rings. The molecule has 2 atom stereocenters. The van der Waals surface area contributed by atoms with Crippen molar-refractivity contribution in [1.82, 2.24) is 5.32 Å². The van der Waals surface area contributed by atoms with Crippen LogP contribution >= 0.6 is 0 Å². The molecule has 20 heavy (non-hydrogen) atoms. The number of carbonyl (C=O) groups excluding carboxylic acids is 1. The Morgan fingerprint density at radius 2 is 2.10 bits per heavy atom. The summed E-state index contributed by atoms with van der Waals surface area (Å²) in [6, 6.07) is 8.99. The number of hydrogen-bond acceptors (Lipinski definition) is 2. The molecule has 0 aromatic heterocycles. The maximum atomic E-state index is 12.2. The predicted molar refractivity (Wildman–Crippen MR) is 81.8 cm³/mol. The van der Waals surface area contributed by atoms with E-state index in [0.29, 0.717) is 12.5 Å². The minimum Gasteiger partial charge on any atom is -0.315 e. The van der Waals surface area contributed by atoms with E-state index in [9.17, 15) is 4.79 Å². The molecule has 1 N–H and O–H groups in total. The Kier molecular flexibility index (Phi) is 3.79. The van der Waals surface area contributed by atoms with E-state index >= 15 is 0 Å². The van der Waals surface area contributed by atoms with Crippen LogP contribution in [0, 0.1) is 5.92 Å². The third kappa shape index (κ3) is 2.73. The maximum absolute atomic E-state index is 12.2. The number of fused-ring (bicyclic) bond motifs is 1. The largest absolute Gasteiger partial charge is 0.315 e. The molecule has 1 heterocycles. The quantitative estimate of drug-likeness (QED) is 0.892. The van der Waals surface area contributed by atoms with E-state index in [4.69, 9.17) is 0 Å². The van der Waals surface area contributed by atoms with Gasteiger partial charge in [0.05, 0.1) is 0 Å². The van der Waals surface area contributed by atoms with Gasteiger partial charge in [-0.1, -0.05) is 38.0 Å². The van der Waals surface area contributed by atoms with Crippen LogP contribution in [0.4, 0.5) is 5.69 Å². The van der Waals surface area contributed by atoms with Crippen LogP contribution in [-0.4, -0.2) is 19.0 Å². The summed E-state index contributed by atoms with van der Waals surface area (Å²) in [4.78, 5) is 13.9. The number of hydrogen-bond donors (Lipinski definition) is 1. The standard InChI is InChI=1S/C17H24N2O/c1-3-13(10-12-8-9-12)18-15-11-17(20)19(2)16-7-5-4-6-14(15)16/h4-7,12-13,15,18H,3,8-11H2,1-2H3. The van der Waals surface area contributed by atoms with Gasteiger partial charge in [0, 0.05) is 31.2 Å². The SMILES string of the molecule is CCC(CC1CC1)NC1CC(=O)N(C)c2ccccc21. The second-order valence-electron chi connectivity index (χ2n) is 6.22. The molecule has 0 saturated heterocycles. The van der Waals surface area contributed by atoms with E-state index in [0.717, 1.165) is 18.0 Å². The Bertz CT molecular complexity index is 496. The topological polar surface area (TPSA) is 32.3 Å². The summed E-state index contributed by atoms with van der Waals surface area (Å²) >= 11 is 0. The van der Waals surface area contributed by atoms with Gasteiger partial charge in [0.15, 0.2) is 0 Å². The molecule has 2 aliphatic rings. The summed E-state index contributed by atoms with van der Waals surface area (Å²) in [6.07, 6.45) is 5.76. The summed E-state index contributed by atoms with van der Waals surface area (Å²) in [5, 5.41) is 3.74. The molecule has 1 aliphatic heterocycles. The smallest absolute Gasteiger partial charge is 0.228 e. The van der Waals surface area contributed by atoms with Crippen LogP contribution in [0.25, 0.3) is 0 Å². The molecule has 1 amide bonds. The first-order chi connectivity index (χ1) is 9.69. The lowest BCUT2D eigenvalue weighted by Gasteiger charge is -2.34. The molecular weight excluding hydrogens is 248 g/mol. The highest BCUT2D eigenvalue weighted by Crippen LogP contribution is 2.37. The Labute approximate surface area is 121 Å². The minimum absolute atomic E-state index is 0.179. The fourth-order valence-electron chi connectivity index (χ4n) is 3.19. The lowest BCUT2D eigenvalue weighted by atomic mass is 9.94. The van der Waals surface area contributed by atoms with Crippen LogP contribution in [0.1, 0.15) is 50.6 Å². The van der Waals surface area contributed by atoms with Crippen molar-refractivity contribution in [3.05, 3.63) is 29.8 Å². The summed E-state index contributed by atoms with van der Waals surface area (Å²) in [5.74, 6) is 1.13. The Hall–Kier alpha value is -1.35. The van der Waals surface area contributed by atoms with Crippen molar-refractivity contribution in [2.24, 2.45) is 5.92 Å². The normalized spacial score (nSPS) is 23.6. The van der Waals surface area contributed by atoms with Gasteiger partial charge in [-0.25, -0.2) is 0 Å². The number of rotatable bonds is 5. The highest BCUT2D eigenvalue weighted by atomic mass is 16.2. The Morgan fingerprint density at radius 1 is 1.35 bits per heavy atom. The molecule has 1 fully saturated rings. The second-order valence-corrected chi connectivity index (χ2v) is 6.22. The van der Waals surface area contributed by atoms with Gasteiger partial charge in [-0.3, -0.25) is 4.79 Å². The molecule has 1 aromatic carbocycles. The van der Waals surface area contributed by atoms with E-state index < -0.39 is 0 Å². The van der Waals surface area contributed by atoms with Crippen molar-refractivity contribution in [1.29, 1.82) is 0 Å². The van der Waals surface area contributed by atoms with Gasteiger partial charge in [0.2, 0.25) is 5.91 Å². The number of para-hydroxylation sites is 1. The van der Waals surface area contributed by atoms with Gasteiger partial charge in [-0.05, 0) is 30.4 Å². The van der Waals surface area contributed by atoms with Crippen LogP contribution < -0.4 is 10.2 Å². The summed E-state index contributed by atoms with van der Waals surface area (Å²) in [7, 11) is 1.87. The summed E-state index contributed by atoms with van der Waals surface area (Å²) in [5.41, 5.74) is 2.33. The fourth-order valence-corrected chi connectivity index (χ4v) is 3.19. The van der Waals surface area contributed by atoms with Gasteiger partial charge in [0.25, 0.3) is 0 Å². The van der Waals surface area contributed by atoms with E-state index in [-0.39, 0.29) is 11.9 Å². The van der Waals surface area contributed by atoms with E-state index in [1.165, 1.54) is 24.8 Å². The summed E-state index contributed by atoms with van der Waals surface area (Å²) < 4.78 is 0. The lowest BCUT2D eigenvalue weighted by Crippen LogP contribution is -2.41. The first-order valence-electron chi connectivity index (χ1n) is 7.80. The zero-order valence-corrected chi connectivity index (χ0v) is 12.4. The van der Waals surface area contributed by atoms with E-state index in [1.54, 1.807) is 4.90 Å². The van der Waals surface area contributed by atoms with Gasteiger partial charge >= 0.3 is 0 Å². The predicted octanol–water partition coefficient (Wildman–Crippen LogP) is 3.26. The first kappa shape index (κ1) is 13.6. The number of anilines is 1. The zero-order chi connectivity index (χ0) is 14.1. The molecule has 0 bridgehead atoms. The monoisotopic (exact) mass is 272 g/mol. The molecule has 2 unspecified atom stereocenters. The van der Waals surface area contributed by atoms with Crippen molar-refractivity contribution >= 4 is 11.6 Å². The fraction of sp³-hybridized carbons (Fsp3) is 0.588. The van der Waals surface area contributed by atoms with Crippen LogP contribution in [0.5, 0.6) is 0 Å². The van der Waals surface area contributed by atoms with Crippen molar-refractivity contribution in [3.63, 3.8) is 0 Å². The summed E-state index contributed by atoms with van der Waals surface area (Å²) in [6.45, 7) is 2.24. The van der Waals surface area contributed by atoms with Crippen LogP contribution in [0.15, 0.2) is 24.3 Å². The van der Waals surface area contributed by atoms with Crippen LogP contribution in [0.3, 0.4) is 0 Å². The Morgan fingerprint density at radius 3 is 2.80 bits per heavy atom. The zero-order valence-electron chi connectivity index (χ0n) is 12.4. The molecule has 108 valence electrons. The highest BCUT2D eigenvalue weighted by molar-refractivity contribution is 5.96. The first-order valence-corrected chi connectivity index (χ1v) is 7.80. The Balaban J connectivity index is 1.78. The molecule has 3 heteroatoms. The van der Waals surface area contributed by atoms with Crippen molar-refractivity contribution in [2.45, 2.75) is 51.1 Å². The second kappa shape index (κ2) is 5.57. The number of nitrogens with one attached hydrogen (secondary N) is 1. The van der Waals surface area contributed by atoms with Crippen molar-refractivity contribution < 1.29 is 4.79 Å². The number of nitrogens with zero attached hydrogens (tertiary/aromatic N) is 1. The molecule has 3 rings (SSSR count). The minimum atomic E-state index is 0.179. The molecule has 0 spiro atoms. The average molecular weight is 272 g/mol. The van der Waals surface area contributed by atoms with Crippen LogP contribution in [0.2, 0.25) is 0 Å². The van der Waals surface area contributed by atoms with E-state index in [2.05, 4.69) is 24.4 Å². The van der Waals surface area contributed by atoms with Crippen molar-refractivity contribution in [2.75, 3.05) is 11.9 Å². The molecule has 1 saturated carbocycles. The highest BCUT2D eigenvalue weighted by Gasteiger charge is 2.31.